The van der Waals surface area contributed by atoms with Crippen molar-refractivity contribution < 1.29 is 9.21 Å². The number of aromatic amines is 1. The molecule has 0 saturated carbocycles. The van der Waals surface area contributed by atoms with E-state index in [2.05, 4.69) is 20.2 Å². The van der Waals surface area contributed by atoms with Gasteiger partial charge in [-0.25, -0.2) is 9.97 Å². The van der Waals surface area contributed by atoms with Gasteiger partial charge in [0.05, 0.1) is 12.8 Å². The normalized spacial score (nSPS) is 10.7. The maximum absolute atomic E-state index is 12.2. The van der Waals surface area contributed by atoms with Gasteiger partial charge in [-0.2, -0.15) is 5.10 Å². The van der Waals surface area contributed by atoms with E-state index in [9.17, 15) is 4.79 Å². The first-order chi connectivity index (χ1) is 9.74. The third-order valence-electron chi connectivity index (χ3n) is 2.65. The summed E-state index contributed by atoms with van der Waals surface area (Å²) in [7, 11) is 1.69. The highest BCUT2D eigenvalue weighted by atomic mass is 32.1. The van der Waals surface area contributed by atoms with E-state index in [1.807, 2.05) is 6.07 Å². The second kappa shape index (κ2) is 5.25. The van der Waals surface area contributed by atoms with Crippen LogP contribution in [-0.2, 0) is 6.54 Å². The summed E-state index contributed by atoms with van der Waals surface area (Å²) in [6.07, 6.45) is 2.99. The summed E-state index contributed by atoms with van der Waals surface area (Å²) in [5, 5.41) is 8.87. The minimum atomic E-state index is -0.171. The van der Waals surface area contributed by atoms with E-state index in [-0.39, 0.29) is 5.91 Å². The number of hydrogen-bond acceptors (Lipinski definition) is 6. The summed E-state index contributed by atoms with van der Waals surface area (Å²) in [4.78, 5) is 22.0. The number of carbonyl (C=O) groups excluding carboxylic acids is 1. The van der Waals surface area contributed by atoms with Crippen molar-refractivity contribution in [3.8, 4) is 10.8 Å². The van der Waals surface area contributed by atoms with Crippen molar-refractivity contribution in [3.05, 3.63) is 41.6 Å². The van der Waals surface area contributed by atoms with Crippen molar-refractivity contribution in [2.24, 2.45) is 0 Å². The van der Waals surface area contributed by atoms with Crippen LogP contribution in [0, 0.1) is 0 Å². The minimum absolute atomic E-state index is 0.171. The Balaban J connectivity index is 1.74. The van der Waals surface area contributed by atoms with Gasteiger partial charge in [0.25, 0.3) is 5.91 Å². The molecule has 0 aromatic carbocycles. The van der Waals surface area contributed by atoms with Gasteiger partial charge >= 0.3 is 0 Å². The fourth-order valence-electron chi connectivity index (χ4n) is 1.68. The fourth-order valence-corrected chi connectivity index (χ4v) is 2.44. The van der Waals surface area contributed by atoms with Crippen LogP contribution >= 0.6 is 11.3 Å². The highest BCUT2D eigenvalue weighted by Gasteiger charge is 2.17. The van der Waals surface area contributed by atoms with Gasteiger partial charge in [-0.3, -0.25) is 9.89 Å². The van der Waals surface area contributed by atoms with Crippen LogP contribution in [0.2, 0.25) is 0 Å². The Labute approximate surface area is 118 Å². The number of carbonyl (C=O) groups is 1. The third-order valence-corrected chi connectivity index (χ3v) is 3.51. The lowest BCUT2D eigenvalue weighted by molar-refractivity contribution is 0.0777. The molecule has 3 heterocycles. The summed E-state index contributed by atoms with van der Waals surface area (Å²) in [6, 6.07) is 3.60. The lowest BCUT2D eigenvalue weighted by Gasteiger charge is -2.13. The van der Waals surface area contributed by atoms with Crippen LogP contribution in [0.4, 0.5) is 0 Å². The van der Waals surface area contributed by atoms with E-state index in [1.54, 1.807) is 24.8 Å². The van der Waals surface area contributed by atoms with Crippen molar-refractivity contribution in [2.45, 2.75) is 6.54 Å². The van der Waals surface area contributed by atoms with Crippen LogP contribution in [0.15, 0.2) is 34.5 Å². The molecular weight excluding hydrogens is 278 g/mol. The molecule has 0 saturated heterocycles. The molecule has 0 aliphatic rings. The number of rotatable bonds is 4. The maximum Gasteiger partial charge on any atom is 0.273 e. The van der Waals surface area contributed by atoms with E-state index in [4.69, 9.17) is 4.42 Å². The monoisotopic (exact) mass is 289 g/mol. The quantitative estimate of drug-likeness (QED) is 0.791. The molecule has 0 fully saturated rings. The Hall–Kier alpha value is -2.48. The summed E-state index contributed by atoms with van der Waals surface area (Å²) in [5.74, 6) is 1.12. The maximum atomic E-state index is 12.2. The molecule has 102 valence electrons. The highest BCUT2D eigenvalue weighted by molar-refractivity contribution is 7.13. The fraction of sp³-hybridized carbons (Fsp3) is 0.167. The van der Waals surface area contributed by atoms with Crippen molar-refractivity contribution >= 4 is 17.2 Å². The number of thiazole rings is 1. The molecule has 8 heteroatoms. The zero-order valence-corrected chi connectivity index (χ0v) is 11.4. The molecule has 0 unspecified atom stereocenters. The first kappa shape index (κ1) is 12.5. The Bertz CT molecular complexity index is 689. The second-order valence-corrected chi connectivity index (χ2v) is 4.97. The number of nitrogens with zero attached hydrogens (tertiary/aromatic N) is 4. The molecule has 7 nitrogen and oxygen atoms in total. The van der Waals surface area contributed by atoms with Crippen LogP contribution in [0.1, 0.15) is 16.3 Å². The van der Waals surface area contributed by atoms with Gasteiger partial charge in [-0.15, -0.1) is 11.3 Å². The third kappa shape index (κ3) is 2.45. The van der Waals surface area contributed by atoms with E-state index in [1.165, 1.54) is 22.6 Å². The Morgan fingerprint density at radius 3 is 3.15 bits per heavy atom. The predicted molar refractivity (Wildman–Crippen MR) is 72.0 cm³/mol. The Morgan fingerprint density at radius 1 is 1.55 bits per heavy atom. The molecule has 1 N–H and O–H groups in total. The van der Waals surface area contributed by atoms with Crippen molar-refractivity contribution in [1.29, 1.82) is 0 Å². The predicted octanol–water partition coefficient (Wildman–Crippen LogP) is 1.79. The summed E-state index contributed by atoms with van der Waals surface area (Å²) in [6.45, 7) is 0.354. The molecule has 3 rings (SSSR count). The topological polar surface area (TPSA) is 87.9 Å². The minimum Gasteiger partial charge on any atom is -0.462 e. The molecule has 0 bridgehead atoms. The molecule has 0 aliphatic carbocycles. The molecule has 3 aromatic rings. The first-order valence-corrected chi connectivity index (χ1v) is 6.71. The van der Waals surface area contributed by atoms with Crippen molar-refractivity contribution in [1.82, 2.24) is 25.1 Å². The SMILES string of the molecule is CN(Cc1ncn[nH]1)C(=O)c1csc(-c2ccco2)n1. The Morgan fingerprint density at radius 2 is 2.45 bits per heavy atom. The molecule has 0 atom stereocenters. The lowest BCUT2D eigenvalue weighted by Crippen LogP contribution is -2.27. The van der Waals surface area contributed by atoms with Gasteiger partial charge in [-0.05, 0) is 12.1 Å². The smallest absolute Gasteiger partial charge is 0.273 e. The number of nitrogens with one attached hydrogen (secondary N) is 1. The first-order valence-electron chi connectivity index (χ1n) is 5.83. The Kier molecular flexibility index (Phi) is 3.30. The number of aromatic nitrogens is 4. The molecular formula is C12H11N5O2S. The van der Waals surface area contributed by atoms with Crippen LogP contribution < -0.4 is 0 Å². The number of H-pyrrole nitrogens is 1. The highest BCUT2D eigenvalue weighted by Crippen LogP contribution is 2.24. The van der Waals surface area contributed by atoms with Gasteiger partial charge < -0.3 is 9.32 Å². The van der Waals surface area contributed by atoms with Crippen LogP contribution in [0.5, 0.6) is 0 Å². The molecule has 20 heavy (non-hydrogen) atoms. The summed E-state index contributed by atoms with van der Waals surface area (Å²) in [5.41, 5.74) is 0.392. The summed E-state index contributed by atoms with van der Waals surface area (Å²) >= 11 is 1.37. The zero-order valence-electron chi connectivity index (χ0n) is 10.6. The van der Waals surface area contributed by atoms with Crippen molar-refractivity contribution in [2.75, 3.05) is 7.05 Å². The van der Waals surface area contributed by atoms with Gasteiger partial charge in [0.1, 0.15) is 17.8 Å². The van der Waals surface area contributed by atoms with E-state index < -0.39 is 0 Å². The van der Waals surface area contributed by atoms with Gasteiger partial charge in [-0.1, -0.05) is 0 Å². The molecule has 0 radical (unpaired) electrons. The van der Waals surface area contributed by atoms with Crippen LogP contribution in [0.3, 0.4) is 0 Å². The van der Waals surface area contributed by atoms with Crippen molar-refractivity contribution in [3.63, 3.8) is 0 Å². The van der Waals surface area contributed by atoms with Crippen LogP contribution in [0.25, 0.3) is 10.8 Å². The number of furan rings is 1. The standard InChI is InChI=1S/C12H11N5O2S/c1-17(5-10-13-7-14-16-10)12(18)8-6-20-11(15-8)9-3-2-4-19-9/h2-4,6-7H,5H2,1H3,(H,13,14,16). The van der Waals surface area contributed by atoms with Crippen LogP contribution in [-0.4, -0.2) is 38.0 Å². The second-order valence-electron chi connectivity index (χ2n) is 4.11. The average molecular weight is 289 g/mol. The average Bonchev–Trinajstić information content (AvgIpc) is 3.18. The van der Waals surface area contributed by atoms with E-state index >= 15 is 0 Å². The van der Waals surface area contributed by atoms with Gasteiger partial charge in [0.15, 0.2) is 10.8 Å². The summed E-state index contributed by atoms with van der Waals surface area (Å²) < 4.78 is 5.26. The molecule has 0 aliphatic heterocycles. The molecule has 0 spiro atoms. The molecule has 3 aromatic heterocycles. The zero-order chi connectivity index (χ0) is 13.9. The number of amides is 1. The van der Waals surface area contributed by atoms with E-state index in [0.29, 0.717) is 28.8 Å². The number of hydrogen-bond donors (Lipinski definition) is 1. The van der Waals surface area contributed by atoms with E-state index in [0.717, 1.165) is 0 Å². The molecule has 1 amide bonds. The lowest BCUT2D eigenvalue weighted by atomic mass is 10.4. The largest absolute Gasteiger partial charge is 0.462 e. The van der Waals surface area contributed by atoms with Gasteiger partial charge in [0.2, 0.25) is 0 Å². The van der Waals surface area contributed by atoms with Gasteiger partial charge in [0, 0.05) is 12.4 Å².